The van der Waals surface area contributed by atoms with Crippen LogP contribution < -0.4 is 0 Å². The van der Waals surface area contributed by atoms with Gasteiger partial charge in [0.2, 0.25) is 11.0 Å². The van der Waals surface area contributed by atoms with E-state index in [1.54, 1.807) is 6.92 Å². The first-order valence-corrected chi connectivity index (χ1v) is 14.9. The van der Waals surface area contributed by atoms with Crippen LogP contribution in [0.5, 0.6) is 0 Å². The number of esters is 3. The summed E-state index contributed by atoms with van der Waals surface area (Å²) in [5, 5.41) is 11.9. The average molecular weight is 557 g/mol. The van der Waals surface area contributed by atoms with Gasteiger partial charge in [-0.3, -0.25) is 19.2 Å². The summed E-state index contributed by atoms with van der Waals surface area (Å²) in [4.78, 5) is 66.6. The third-order valence-corrected chi connectivity index (χ3v) is 6.81. The molecule has 0 saturated carbocycles. The number of carbonyl (C=O) groups excluding carboxylic acids is 5. The third-order valence-electron chi connectivity index (χ3n) is 6.81. The second kappa shape index (κ2) is 20.6. The third kappa shape index (κ3) is 11.4. The number of rotatable bonds is 24. The zero-order chi connectivity index (χ0) is 29.7. The van der Waals surface area contributed by atoms with Gasteiger partial charge in [0.25, 0.3) is 0 Å². The van der Waals surface area contributed by atoms with Crippen LogP contribution in [0.2, 0.25) is 0 Å². The summed E-state index contributed by atoms with van der Waals surface area (Å²) in [6.45, 7) is 8.53. The maximum atomic E-state index is 13.6. The first kappa shape index (κ1) is 36.7. The van der Waals surface area contributed by atoms with Crippen molar-refractivity contribution in [1.82, 2.24) is 0 Å². The van der Waals surface area contributed by atoms with Crippen molar-refractivity contribution in [2.75, 3.05) is 19.8 Å². The van der Waals surface area contributed by atoms with Crippen LogP contribution >= 0.6 is 0 Å². The lowest BCUT2D eigenvalue weighted by atomic mass is 9.63. The molecule has 0 saturated heterocycles. The minimum absolute atomic E-state index is 0.0405. The SMILES string of the molecule is CCCCCCOC(=O)CC(O)(C(=O)OCCCCCC)C(C(C)=O)(C(=O)CCC)C(=O)OCCCCCC. The van der Waals surface area contributed by atoms with E-state index in [1.165, 1.54) is 0 Å². The maximum absolute atomic E-state index is 13.6. The molecule has 0 spiro atoms. The minimum Gasteiger partial charge on any atom is -0.466 e. The molecule has 0 rings (SSSR count). The molecule has 0 aromatic heterocycles. The normalized spacial score (nSPS) is 14.1. The fraction of sp³-hybridized carbons (Fsp3) is 0.833. The Morgan fingerprint density at radius 1 is 0.590 bits per heavy atom. The van der Waals surface area contributed by atoms with Crippen molar-refractivity contribution < 1.29 is 43.3 Å². The molecule has 0 fully saturated rings. The van der Waals surface area contributed by atoms with Gasteiger partial charge in [0.15, 0.2) is 11.6 Å². The molecule has 9 heteroatoms. The number of hydrogen-bond acceptors (Lipinski definition) is 9. The van der Waals surface area contributed by atoms with Crippen molar-refractivity contribution in [3.63, 3.8) is 0 Å². The molecule has 0 aromatic rings. The fourth-order valence-corrected chi connectivity index (χ4v) is 4.51. The quantitative estimate of drug-likeness (QED) is 0.0715. The first-order chi connectivity index (χ1) is 18.6. The summed E-state index contributed by atoms with van der Waals surface area (Å²) in [5.74, 6) is -5.81. The summed E-state index contributed by atoms with van der Waals surface area (Å²) in [6, 6.07) is 0. The number of ketones is 2. The molecular formula is C30H52O9. The molecule has 0 heterocycles. The van der Waals surface area contributed by atoms with Crippen LogP contribution in [0.15, 0.2) is 0 Å². The molecule has 0 amide bonds. The highest BCUT2D eigenvalue weighted by atomic mass is 16.6. The van der Waals surface area contributed by atoms with Crippen LogP contribution in [0.1, 0.15) is 131 Å². The molecule has 2 atom stereocenters. The summed E-state index contributed by atoms with van der Waals surface area (Å²) in [6.07, 6.45) is 8.39. The lowest BCUT2D eigenvalue weighted by molar-refractivity contribution is -0.202. The molecule has 1 N–H and O–H groups in total. The van der Waals surface area contributed by atoms with Gasteiger partial charge in [0, 0.05) is 6.42 Å². The van der Waals surface area contributed by atoms with Gasteiger partial charge in [-0.2, -0.15) is 0 Å². The number of unbranched alkanes of at least 4 members (excludes halogenated alkanes) is 9. The van der Waals surface area contributed by atoms with E-state index in [2.05, 4.69) is 0 Å². The number of carbonyl (C=O) groups is 5. The van der Waals surface area contributed by atoms with Crippen LogP contribution in [0.25, 0.3) is 0 Å². The van der Waals surface area contributed by atoms with Crippen LogP contribution in [0.4, 0.5) is 0 Å². The van der Waals surface area contributed by atoms with E-state index >= 15 is 0 Å². The van der Waals surface area contributed by atoms with Crippen LogP contribution in [0, 0.1) is 5.41 Å². The molecule has 0 radical (unpaired) electrons. The summed E-state index contributed by atoms with van der Waals surface area (Å²) in [5.41, 5.74) is -6.06. The van der Waals surface area contributed by atoms with E-state index in [4.69, 9.17) is 14.2 Å². The van der Waals surface area contributed by atoms with Gasteiger partial charge in [-0.25, -0.2) is 4.79 Å². The highest BCUT2D eigenvalue weighted by molar-refractivity contribution is 6.26. The zero-order valence-corrected chi connectivity index (χ0v) is 24.9. The van der Waals surface area contributed by atoms with Crippen molar-refractivity contribution in [2.24, 2.45) is 5.41 Å². The topological polar surface area (TPSA) is 133 Å². The highest BCUT2D eigenvalue weighted by Crippen LogP contribution is 2.41. The zero-order valence-electron chi connectivity index (χ0n) is 24.9. The van der Waals surface area contributed by atoms with E-state index in [0.717, 1.165) is 64.7 Å². The van der Waals surface area contributed by atoms with Gasteiger partial charge in [-0.1, -0.05) is 85.5 Å². The molecule has 0 aromatic carbocycles. The van der Waals surface area contributed by atoms with E-state index in [9.17, 15) is 29.1 Å². The predicted molar refractivity (Wildman–Crippen MR) is 148 cm³/mol. The van der Waals surface area contributed by atoms with Crippen molar-refractivity contribution in [1.29, 1.82) is 0 Å². The molecule has 2 unspecified atom stereocenters. The first-order valence-electron chi connectivity index (χ1n) is 14.9. The summed E-state index contributed by atoms with van der Waals surface area (Å²) >= 11 is 0. The van der Waals surface area contributed by atoms with Gasteiger partial charge in [0.05, 0.1) is 26.2 Å². The summed E-state index contributed by atoms with van der Waals surface area (Å²) in [7, 11) is 0. The van der Waals surface area contributed by atoms with Crippen molar-refractivity contribution >= 4 is 29.5 Å². The molecule has 9 nitrogen and oxygen atoms in total. The molecule has 0 aliphatic rings. The van der Waals surface area contributed by atoms with Crippen LogP contribution in [0.3, 0.4) is 0 Å². The van der Waals surface area contributed by atoms with Crippen LogP contribution in [-0.2, 0) is 38.2 Å². The fourth-order valence-electron chi connectivity index (χ4n) is 4.51. The summed E-state index contributed by atoms with van der Waals surface area (Å²) < 4.78 is 15.9. The Morgan fingerprint density at radius 2 is 1.03 bits per heavy atom. The standard InChI is InChI=1S/C30H52O9/c1-6-10-13-16-20-37-26(33)23-29(36,27(34)38-21-17-14-11-7-2)30(24(5)31,25(32)19-9-4)28(35)39-22-18-15-12-8-3/h36H,6-23H2,1-5H3. The van der Waals surface area contributed by atoms with Gasteiger partial charge >= 0.3 is 17.9 Å². The van der Waals surface area contributed by atoms with Gasteiger partial charge < -0.3 is 19.3 Å². The average Bonchev–Trinajstić information content (AvgIpc) is 2.88. The number of hydrogen-bond donors (Lipinski definition) is 1. The van der Waals surface area contributed by atoms with Gasteiger partial charge in [-0.15, -0.1) is 0 Å². The highest BCUT2D eigenvalue weighted by Gasteiger charge is 2.70. The Morgan fingerprint density at radius 3 is 1.44 bits per heavy atom. The monoisotopic (exact) mass is 556 g/mol. The van der Waals surface area contributed by atoms with E-state index < -0.39 is 46.9 Å². The maximum Gasteiger partial charge on any atom is 0.340 e. The molecular weight excluding hydrogens is 504 g/mol. The van der Waals surface area contributed by atoms with Crippen molar-refractivity contribution in [3.05, 3.63) is 0 Å². The van der Waals surface area contributed by atoms with Crippen molar-refractivity contribution in [2.45, 2.75) is 137 Å². The Bertz CT molecular complexity index is 764. The molecule has 226 valence electrons. The Hall–Kier alpha value is -2.29. The second-order valence-electron chi connectivity index (χ2n) is 10.2. The van der Waals surface area contributed by atoms with Crippen LogP contribution in [-0.4, -0.2) is 60.0 Å². The second-order valence-corrected chi connectivity index (χ2v) is 10.2. The predicted octanol–water partition coefficient (Wildman–Crippen LogP) is 5.42. The minimum atomic E-state index is -3.11. The largest absolute Gasteiger partial charge is 0.466 e. The Kier molecular flexibility index (Phi) is 19.4. The molecule has 39 heavy (non-hydrogen) atoms. The number of ether oxygens (including phenoxy) is 3. The smallest absolute Gasteiger partial charge is 0.340 e. The number of Topliss-reactive ketones (excluding diaryl/α,β-unsaturated/α-hetero) is 2. The van der Waals surface area contributed by atoms with E-state index in [0.29, 0.717) is 19.3 Å². The lowest BCUT2D eigenvalue weighted by Crippen LogP contribution is -2.67. The molecule has 0 aliphatic heterocycles. The lowest BCUT2D eigenvalue weighted by Gasteiger charge is -2.39. The van der Waals surface area contributed by atoms with Crippen molar-refractivity contribution in [3.8, 4) is 0 Å². The Balaban J connectivity index is 6.33. The Labute approximate surface area is 234 Å². The number of aliphatic hydroxyl groups is 1. The van der Waals surface area contributed by atoms with E-state index in [-0.39, 0.29) is 32.7 Å². The van der Waals surface area contributed by atoms with E-state index in [1.807, 2.05) is 20.8 Å². The van der Waals surface area contributed by atoms with Gasteiger partial charge in [-0.05, 0) is 32.6 Å². The molecule has 0 aliphatic carbocycles. The van der Waals surface area contributed by atoms with Gasteiger partial charge in [0.1, 0.15) is 0 Å². The molecule has 0 bridgehead atoms.